The summed E-state index contributed by atoms with van der Waals surface area (Å²) in [6.07, 6.45) is 6.13. The van der Waals surface area contributed by atoms with E-state index >= 15 is 0 Å². The highest BCUT2D eigenvalue weighted by molar-refractivity contribution is 4.97. The van der Waals surface area contributed by atoms with Crippen molar-refractivity contribution in [1.29, 1.82) is 0 Å². The summed E-state index contributed by atoms with van der Waals surface area (Å²) in [6, 6.07) is 0.239. The number of nitrogens with one attached hydrogen (secondary N) is 2. The lowest BCUT2D eigenvalue weighted by Crippen LogP contribution is -2.24. The molecule has 2 N–H and O–H groups in total. The second-order valence-electron chi connectivity index (χ2n) is 3.75. The fraction of sp³-hybridized carbons (Fsp3) is 0.500. The Labute approximate surface area is 94.1 Å². The molecule has 0 aromatic carbocycles. The zero-order chi connectivity index (χ0) is 11.4. The molecule has 2 aromatic rings. The van der Waals surface area contributed by atoms with Crippen molar-refractivity contribution >= 4 is 0 Å². The average molecular weight is 220 g/mol. The van der Waals surface area contributed by atoms with Crippen LogP contribution in [0.4, 0.5) is 0 Å². The van der Waals surface area contributed by atoms with Crippen LogP contribution in [0.3, 0.4) is 0 Å². The number of nitrogens with zero attached hydrogens (tertiary/aromatic N) is 4. The monoisotopic (exact) mass is 220 g/mol. The molecule has 86 valence electrons. The van der Waals surface area contributed by atoms with Gasteiger partial charge in [-0.1, -0.05) is 0 Å². The zero-order valence-corrected chi connectivity index (χ0v) is 9.51. The van der Waals surface area contributed by atoms with E-state index in [1.165, 1.54) is 6.33 Å². The first-order valence-electron chi connectivity index (χ1n) is 5.32. The van der Waals surface area contributed by atoms with Crippen molar-refractivity contribution in [3.63, 3.8) is 0 Å². The summed E-state index contributed by atoms with van der Waals surface area (Å²) >= 11 is 0. The lowest BCUT2D eigenvalue weighted by atomic mass is 10.3. The van der Waals surface area contributed by atoms with Crippen LogP contribution in [0.5, 0.6) is 0 Å². The first kappa shape index (κ1) is 10.8. The van der Waals surface area contributed by atoms with Crippen molar-refractivity contribution in [2.24, 2.45) is 7.05 Å². The van der Waals surface area contributed by atoms with Gasteiger partial charge in [0.05, 0.1) is 6.04 Å². The lowest BCUT2D eigenvalue weighted by Gasteiger charge is -2.12. The van der Waals surface area contributed by atoms with Crippen molar-refractivity contribution in [3.05, 3.63) is 30.4 Å². The zero-order valence-electron chi connectivity index (χ0n) is 9.51. The second kappa shape index (κ2) is 4.89. The third-order valence-corrected chi connectivity index (χ3v) is 2.52. The number of aromatic amines is 1. The van der Waals surface area contributed by atoms with Gasteiger partial charge in [-0.3, -0.25) is 5.10 Å². The standard InChI is InChI=1S/C10H16N6/c1-8(10-12-5-6-16(10)2)11-4-3-9-13-7-14-15-9/h5-8,11H,3-4H2,1-2H3,(H,13,14,15). The molecule has 0 aliphatic carbocycles. The molecule has 2 rings (SSSR count). The maximum atomic E-state index is 4.30. The van der Waals surface area contributed by atoms with Crippen LogP contribution in [0.2, 0.25) is 0 Å². The van der Waals surface area contributed by atoms with Gasteiger partial charge in [-0.05, 0) is 6.92 Å². The van der Waals surface area contributed by atoms with Crippen molar-refractivity contribution in [2.75, 3.05) is 6.54 Å². The molecule has 6 heteroatoms. The first-order valence-corrected chi connectivity index (χ1v) is 5.32. The van der Waals surface area contributed by atoms with Gasteiger partial charge in [0, 0.05) is 32.4 Å². The Balaban J connectivity index is 1.80. The molecule has 2 aromatic heterocycles. The van der Waals surface area contributed by atoms with Crippen LogP contribution in [0.15, 0.2) is 18.7 Å². The topological polar surface area (TPSA) is 71.4 Å². The number of rotatable bonds is 5. The van der Waals surface area contributed by atoms with Crippen molar-refractivity contribution < 1.29 is 0 Å². The van der Waals surface area contributed by atoms with Crippen LogP contribution in [-0.2, 0) is 13.5 Å². The predicted molar refractivity (Wildman–Crippen MR) is 59.7 cm³/mol. The number of hydrogen-bond donors (Lipinski definition) is 2. The quantitative estimate of drug-likeness (QED) is 0.766. The van der Waals surface area contributed by atoms with Gasteiger partial charge in [0.15, 0.2) is 0 Å². The molecule has 0 spiro atoms. The molecule has 1 atom stereocenters. The van der Waals surface area contributed by atoms with Crippen LogP contribution < -0.4 is 5.32 Å². The van der Waals surface area contributed by atoms with Crippen LogP contribution in [0, 0.1) is 0 Å². The summed E-state index contributed by atoms with van der Waals surface area (Å²) in [7, 11) is 2.00. The maximum absolute atomic E-state index is 4.30. The number of hydrogen-bond acceptors (Lipinski definition) is 4. The van der Waals surface area contributed by atoms with Crippen LogP contribution in [0.1, 0.15) is 24.6 Å². The highest BCUT2D eigenvalue weighted by Gasteiger charge is 2.08. The molecule has 1 unspecified atom stereocenters. The molecule has 0 fully saturated rings. The van der Waals surface area contributed by atoms with Gasteiger partial charge < -0.3 is 9.88 Å². The van der Waals surface area contributed by atoms with E-state index in [2.05, 4.69) is 32.4 Å². The Morgan fingerprint density at radius 3 is 3.00 bits per heavy atom. The van der Waals surface area contributed by atoms with Gasteiger partial charge in [0.1, 0.15) is 18.0 Å². The smallest absolute Gasteiger partial charge is 0.137 e. The molecule has 16 heavy (non-hydrogen) atoms. The van der Waals surface area contributed by atoms with Gasteiger partial charge in [0.25, 0.3) is 0 Å². The van der Waals surface area contributed by atoms with Crippen LogP contribution >= 0.6 is 0 Å². The lowest BCUT2D eigenvalue weighted by molar-refractivity contribution is 0.529. The summed E-state index contributed by atoms with van der Waals surface area (Å²) in [5.74, 6) is 1.94. The Kier molecular flexibility index (Phi) is 3.31. The van der Waals surface area contributed by atoms with E-state index in [1.54, 1.807) is 0 Å². The number of aromatic nitrogens is 5. The second-order valence-corrected chi connectivity index (χ2v) is 3.75. The van der Waals surface area contributed by atoms with E-state index in [0.717, 1.165) is 24.6 Å². The van der Waals surface area contributed by atoms with E-state index in [4.69, 9.17) is 0 Å². The number of aryl methyl sites for hydroxylation is 1. The van der Waals surface area contributed by atoms with Gasteiger partial charge in [-0.2, -0.15) is 5.10 Å². The van der Waals surface area contributed by atoms with E-state index in [0.29, 0.717) is 0 Å². The number of imidazole rings is 1. The molecule has 0 aliphatic rings. The van der Waals surface area contributed by atoms with Gasteiger partial charge in [0.2, 0.25) is 0 Å². The fourth-order valence-electron chi connectivity index (χ4n) is 1.64. The molecular formula is C10H16N6. The number of H-pyrrole nitrogens is 1. The van der Waals surface area contributed by atoms with Gasteiger partial charge >= 0.3 is 0 Å². The molecule has 0 radical (unpaired) electrons. The normalized spacial score (nSPS) is 12.9. The molecule has 0 saturated heterocycles. The van der Waals surface area contributed by atoms with Crippen molar-refractivity contribution in [1.82, 2.24) is 30.0 Å². The minimum atomic E-state index is 0.239. The minimum absolute atomic E-state index is 0.239. The molecule has 0 amide bonds. The first-order chi connectivity index (χ1) is 7.77. The van der Waals surface area contributed by atoms with Crippen LogP contribution in [0.25, 0.3) is 0 Å². The van der Waals surface area contributed by atoms with Gasteiger partial charge in [-0.15, -0.1) is 0 Å². The highest BCUT2D eigenvalue weighted by atomic mass is 15.2. The average Bonchev–Trinajstić information content (AvgIpc) is 2.88. The predicted octanol–water partition coefficient (Wildman–Crippen LogP) is 0.431. The Hall–Kier alpha value is -1.69. The van der Waals surface area contributed by atoms with Gasteiger partial charge in [-0.25, -0.2) is 9.97 Å². The summed E-state index contributed by atoms with van der Waals surface area (Å²) in [6.45, 7) is 2.95. The van der Waals surface area contributed by atoms with E-state index < -0.39 is 0 Å². The van der Waals surface area contributed by atoms with Crippen molar-refractivity contribution in [3.8, 4) is 0 Å². The summed E-state index contributed by atoms with van der Waals surface area (Å²) < 4.78 is 2.02. The highest BCUT2D eigenvalue weighted by Crippen LogP contribution is 2.07. The summed E-state index contributed by atoms with van der Waals surface area (Å²) in [4.78, 5) is 8.36. The van der Waals surface area contributed by atoms with E-state index in [-0.39, 0.29) is 6.04 Å². The fourth-order valence-corrected chi connectivity index (χ4v) is 1.64. The molecule has 2 heterocycles. The Bertz CT molecular complexity index is 418. The van der Waals surface area contributed by atoms with Crippen molar-refractivity contribution in [2.45, 2.75) is 19.4 Å². The Morgan fingerprint density at radius 1 is 1.50 bits per heavy atom. The summed E-state index contributed by atoms with van der Waals surface area (Å²) in [5.41, 5.74) is 0. The third-order valence-electron chi connectivity index (χ3n) is 2.52. The minimum Gasteiger partial charge on any atom is -0.337 e. The van der Waals surface area contributed by atoms with E-state index in [1.807, 2.05) is 24.0 Å². The molecule has 0 aliphatic heterocycles. The molecular weight excluding hydrogens is 204 g/mol. The third kappa shape index (κ3) is 2.46. The maximum Gasteiger partial charge on any atom is 0.137 e. The largest absolute Gasteiger partial charge is 0.337 e. The molecule has 6 nitrogen and oxygen atoms in total. The summed E-state index contributed by atoms with van der Waals surface area (Å²) in [5, 5.41) is 10.0. The molecule has 0 bridgehead atoms. The van der Waals surface area contributed by atoms with Crippen LogP contribution in [-0.4, -0.2) is 31.3 Å². The Morgan fingerprint density at radius 2 is 2.38 bits per heavy atom. The SMILES string of the molecule is CC(NCCc1ncn[nH]1)c1nccn1C. The van der Waals surface area contributed by atoms with E-state index in [9.17, 15) is 0 Å². The molecule has 0 saturated carbocycles.